The van der Waals surface area contributed by atoms with Crippen molar-refractivity contribution in [2.45, 2.75) is 54.7 Å². The predicted molar refractivity (Wildman–Crippen MR) is 60.8 cm³/mol. The van der Waals surface area contributed by atoms with Crippen LogP contribution in [-0.2, 0) is 4.74 Å². The molecule has 0 aliphatic heterocycles. The van der Waals surface area contributed by atoms with Crippen molar-refractivity contribution in [1.82, 2.24) is 5.32 Å². The first kappa shape index (κ1) is 29.1. The van der Waals surface area contributed by atoms with Gasteiger partial charge in [0.1, 0.15) is 0 Å². The van der Waals surface area contributed by atoms with Crippen LogP contribution < -0.4 is 5.32 Å². The zero-order valence-electron chi connectivity index (χ0n) is 13.9. The molecule has 0 aromatic carbocycles. The molecular formula is C11H6F17NO2. The molecule has 0 fully saturated rings. The Kier molecular flexibility index (Phi) is 7.12. The first-order valence-corrected chi connectivity index (χ1v) is 6.87. The van der Waals surface area contributed by atoms with E-state index in [9.17, 15) is 79.4 Å². The number of nitrogens with one attached hydrogen (secondary N) is 1. The fourth-order valence-corrected chi connectivity index (χ4v) is 1.54. The third-order valence-electron chi connectivity index (χ3n) is 3.26. The second-order valence-corrected chi connectivity index (χ2v) is 5.36. The van der Waals surface area contributed by atoms with Gasteiger partial charge in [-0.25, -0.2) is 4.79 Å². The molecule has 0 aliphatic carbocycles. The number of alkyl halides is 17. The number of rotatable bonds is 8. The smallest absolute Gasteiger partial charge is 0.450 e. The van der Waals surface area contributed by atoms with E-state index in [1.807, 2.05) is 0 Å². The third kappa shape index (κ3) is 4.00. The lowest BCUT2D eigenvalue weighted by atomic mass is 9.90. The van der Waals surface area contributed by atoms with Gasteiger partial charge in [0.25, 0.3) is 0 Å². The van der Waals surface area contributed by atoms with Crippen LogP contribution in [0, 0.1) is 0 Å². The predicted octanol–water partition coefficient (Wildman–Crippen LogP) is 5.70. The van der Waals surface area contributed by atoms with Gasteiger partial charge >= 0.3 is 53.9 Å². The minimum atomic E-state index is -8.72. The summed E-state index contributed by atoms with van der Waals surface area (Å²) in [4.78, 5) is 10.6. The largest absolute Gasteiger partial charge is 0.460 e. The Balaban J connectivity index is 6.59. The molecule has 0 heterocycles. The van der Waals surface area contributed by atoms with Crippen molar-refractivity contribution in [1.29, 1.82) is 0 Å². The first-order chi connectivity index (χ1) is 13.2. The van der Waals surface area contributed by atoms with E-state index in [1.165, 1.54) is 0 Å². The molecule has 0 saturated carbocycles. The molecule has 0 rings (SSSR count). The molecule has 1 amide bonds. The van der Waals surface area contributed by atoms with Crippen molar-refractivity contribution < 1.29 is 84.2 Å². The summed E-state index contributed by atoms with van der Waals surface area (Å²) in [7, 11) is 0. The Morgan fingerprint density at radius 3 is 1.16 bits per heavy atom. The van der Waals surface area contributed by atoms with Gasteiger partial charge in [0.15, 0.2) is 0 Å². The van der Waals surface area contributed by atoms with Crippen LogP contribution in [0.2, 0.25) is 0 Å². The zero-order valence-corrected chi connectivity index (χ0v) is 13.9. The molecule has 0 aromatic heterocycles. The van der Waals surface area contributed by atoms with E-state index in [0.717, 1.165) is 6.92 Å². The van der Waals surface area contributed by atoms with Crippen LogP contribution in [0.15, 0.2) is 0 Å². The number of hydrogen-bond acceptors (Lipinski definition) is 2. The molecule has 31 heavy (non-hydrogen) atoms. The SMILES string of the molecule is CCOC(=O)NC(F)(F)C(F)(F)C(F)(F)C(F)(F)C(F)(F)C(F)(F)C(F)(F)C(F)(F)F. The summed E-state index contributed by atoms with van der Waals surface area (Å²) >= 11 is 0. The van der Waals surface area contributed by atoms with Crippen LogP contribution >= 0.6 is 0 Å². The topological polar surface area (TPSA) is 38.3 Å². The summed E-state index contributed by atoms with van der Waals surface area (Å²) in [5, 5.41) is -0.498. The number of carbonyl (C=O) groups is 1. The van der Waals surface area contributed by atoms with Gasteiger partial charge in [-0.3, -0.25) is 5.32 Å². The second-order valence-electron chi connectivity index (χ2n) is 5.36. The molecule has 186 valence electrons. The van der Waals surface area contributed by atoms with Gasteiger partial charge in [0.2, 0.25) is 0 Å². The molecule has 0 saturated heterocycles. The molecule has 0 bridgehead atoms. The molecule has 20 heteroatoms. The van der Waals surface area contributed by atoms with Crippen molar-refractivity contribution in [3.05, 3.63) is 0 Å². The first-order valence-electron chi connectivity index (χ1n) is 6.87. The molecule has 0 atom stereocenters. The van der Waals surface area contributed by atoms with Gasteiger partial charge in [0, 0.05) is 0 Å². The Morgan fingerprint density at radius 1 is 0.581 bits per heavy atom. The van der Waals surface area contributed by atoms with Gasteiger partial charge in [-0.2, -0.15) is 74.6 Å². The zero-order chi connectivity index (χ0) is 25.7. The molecule has 0 aromatic rings. The number of ether oxygens (including phenoxy) is 1. The molecule has 0 spiro atoms. The Bertz CT molecular complexity index is 667. The van der Waals surface area contributed by atoms with Crippen LogP contribution in [0.1, 0.15) is 6.92 Å². The molecule has 3 nitrogen and oxygen atoms in total. The van der Waals surface area contributed by atoms with Crippen LogP contribution in [0.3, 0.4) is 0 Å². The average molecular weight is 507 g/mol. The highest BCUT2D eigenvalue weighted by Crippen LogP contribution is 2.63. The van der Waals surface area contributed by atoms with Gasteiger partial charge in [-0.15, -0.1) is 0 Å². The lowest BCUT2D eigenvalue weighted by Crippen LogP contribution is -2.75. The summed E-state index contributed by atoms with van der Waals surface area (Å²) in [5.41, 5.74) is 0. The van der Waals surface area contributed by atoms with E-state index in [0.29, 0.717) is 0 Å². The van der Waals surface area contributed by atoms with Crippen molar-refractivity contribution in [2.24, 2.45) is 0 Å². The maximum atomic E-state index is 13.3. The van der Waals surface area contributed by atoms with Crippen LogP contribution in [0.5, 0.6) is 0 Å². The van der Waals surface area contributed by atoms with E-state index in [2.05, 4.69) is 4.74 Å². The summed E-state index contributed by atoms with van der Waals surface area (Å²) < 4.78 is 222. The number of halogens is 17. The normalized spacial score (nSPS) is 15.7. The lowest BCUT2D eigenvalue weighted by molar-refractivity contribution is -0.462. The monoisotopic (exact) mass is 507 g/mol. The molecular weight excluding hydrogens is 501 g/mol. The maximum Gasteiger partial charge on any atom is 0.460 e. The molecule has 0 radical (unpaired) electrons. The second kappa shape index (κ2) is 7.59. The minimum Gasteiger partial charge on any atom is -0.450 e. The Labute approximate surface area is 158 Å². The van der Waals surface area contributed by atoms with Gasteiger partial charge < -0.3 is 4.74 Å². The Morgan fingerprint density at radius 2 is 0.871 bits per heavy atom. The lowest BCUT2D eigenvalue weighted by Gasteiger charge is -2.42. The minimum absolute atomic E-state index is 0.498. The van der Waals surface area contributed by atoms with Crippen molar-refractivity contribution in [3.8, 4) is 0 Å². The molecule has 1 N–H and O–H groups in total. The van der Waals surface area contributed by atoms with Crippen LogP contribution in [-0.4, -0.2) is 60.5 Å². The molecule has 0 aliphatic rings. The van der Waals surface area contributed by atoms with Gasteiger partial charge in [-0.05, 0) is 6.92 Å². The van der Waals surface area contributed by atoms with E-state index in [1.54, 1.807) is 0 Å². The summed E-state index contributed by atoms with van der Waals surface area (Å²) in [6.07, 6.45) is -10.6. The Hall–Kier alpha value is -1.92. The van der Waals surface area contributed by atoms with Crippen molar-refractivity contribution >= 4 is 6.09 Å². The summed E-state index contributed by atoms with van der Waals surface area (Å²) in [5.74, 6) is -50.7. The number of carbonyl (C=O) groups excluding carboxylic acids is 1. The van der Waals surface area contributed by atoms with Gasteiger partial charge in [0.05, 0.1) is 6.61 Å². The number of amides is 1. The maximum absolute atomic E-state index is 13.3. The van der Waals surface area contributed by atoms with Crippen molar-refractivity contribution in [2.75, 3.05) is 6.61 Å². The molecule has 0 unspecified atom stereocenters. The highest BCUT2D eigenvalue weighted by Gasteiger charge is 2.95. The summed E-state index contributed by atoms with van der Waals surface area (Å²) in [6, 6.07) is -7.01. The fraction of sp³-hybridized carbons (Fsp3) is 0.909. The number of alkyl carbamates (subject to hydrolysis) is 1. The number of hydrogen-bond donors (Lipinski definition) is 1. The summed E-state index contributed by atoms with van der Waals surface area (Å²) in [6.45, 7) is -0.154. The fourth-order valence-electron chi connectivity index (χ4n) is 1.54. The average Bonchev–Trinajstić information content (AvgIpc) is 2.52. The van der Waals surface area contributed by atoms with E-state index >= 15 is 0 Å². The third-order valence-corrected chi connectivity index (χ3v) is 3.26. The van der Waals surface area contributed by atoms with Crippen LogP contribution in [0.25, 0.3) is 0 Å². The van der Waals surface area contributed by atoms with E-state index < -0.39 is 65.8 Å². The van der Waals surface area contributed by atoms with Gasteiger partial charge in [-0.1, -0.05) is 0 Å². The van der Waals surface area contributed by atoms with E-state index in [4.69, 9.17) is 0 Å². The highest BCUT2D eigenvalue weighted by molar-refractivity contribution is 5.67. The van der Waals surface area contributed by atoms with Crippen molar-refractivity contribution in [3.63, 3.8) is 0 Å². The standard InChI is InChI=1S/C11H6F17NO2/c1-2-31-3(30)29-11(27,28)9(22,23)7(18,19)5(14,15)4(12,13)6(16,17)8(20,21)10(24,25)26/h2H2,1H3,(H,29,30). The highest BCUT2D eigenvalue weighted by atomic mass is 19.4. The quantitative estimate of drug-likeness (QED) is 0.339. The van der Waals surface area contributed by atoms with Crippen LogP contribution in [0.4, 0.5) is 79.4 Å². The van der Waals surface area contributed by atoms with E-state index in [-0.39, 0.29) is 0 Å².